The molecule has 0 aliphatic rings. The molecule has 10 heavy (non-hydrogen) atoms. The molecule has 0 spiro atoms. The second kappa shape index (κ2) is 3.09. The molecule has 0 radical (unpaired) electrons. The molecule has 1 atom stereocenters. The number of aryl methyl sites for hydroxylation is 1. The largest absolute Gasteiger partial charge is 0.372 e. The van der Waals surface area contributed by atoms with Gasteiger partial charge in [0.25, 0.3) is 0 Å². The summed E-state index contributed by atoms with van der Waals surface area (Å²) in [6.07, 6.45) is -0.752. The first kappa shape index (κ1) is 7.65. The Morgan fingerprint density at radius 2 is 2.60 bits per heavy atom. The second-order valence-electron chi connectivity index (χ2n) is 2.22. The van der Waals surface area contributed by atoms with Crippen LogP contribution in [0, 0.1) is 6.92 Å². The van der Waals surface area contributed by atoms with Crippen molar-refractivity contribution < 1.29 is 9.67 Å². The molecule has 1 unspecified atom stereocenters. The number of nitrogens with two attached hydrogens (primary N) is 1. The molecule has 3 N–H and O–H groups in total. The molecule has 1 heterocycles. The first-order chi connectivity index (χ1) is 4.70. The molecule has 4 heteroatoms. The lowest BCUT2D eigenvalue weighted by Gasteiger charge is -1.96. The second-order valence-corrected chi connectivity index (χ2v) is 2.94. The molecule has 56 valence electrons. The third-order valence-electron chi connectivity index (χ3n) is 1.26. The highest BCUT2D eigenvalue weighted by molar-refractivity contribution is 7.07. The zero-order valence-corrected chi connectivity index (χ0v) is 6.64. The van der Waals surface area contributed by atoms with Gasteiger partial charge in [-0.15, -0.1) is 0 Å². The number of thiazole rings is 1. The van der Waals surface area contributed by atoms with Crippen molar-refractivity contribution in [3.63, 3.8) is 0 Å². The van der Waals surface area contributed by atoms with E-state index >= 15 is 0 Å². The van der Waals surface area contributed by atoms with Gasteiger partial charge in [0.2, 0.25) is 5.51 Å². The summed E-state index contributed by atoms with van der Waals surface area (Å²) in [7, 11) is 0. The summed E-state index contributed by atoms with van der Waals surface area (Å²) in [6, 6.07) is 0. The molecule has 0 amide bonds. The van der Waals surface area contributed by atoms with E-state index in [4.69, 9.17) is 10.8 Å². The maximum atomic E-state index is 8.81. The molecule has 0 saturated carbocycles. The van der Waals surface area contributed by atoms with E-state index in [1.807, 2.05) is 22.4 Å². The lowest BCUT2D eigenvalue weighted by molar-refractivity contribution is -0.704. The van der Waals surface area contributed by atoms with Crippen molar-refractivity contribution in [2.45, 2.75) is 19.7 Å². The fourth-order valence-electron chi connectivity index (χ4n) is 0.742. The molecule has 1 aromatic rings. The van der Waals surface area contributed by atoms with Crippen LogP contribution in [0.25, 0.3) is 0 Å². The Hall–Kier alpha value is -0.450. The highest BCUT2D eigenvalue weighted by Gasteiger charge is 2.09. The number of nitrogens with zero attached hydrogens (tertiary/aromatic N) is 1. The molecule has 0 aliphatic carbocycles. The first-order valence-electron chi connectivity index (χ1n) is 3.06. The lowest BCUT2D eigenvalue weighted by Crippen LogP contribution is -2.43. The maximum absolute atomic E-state index is 8.81. The Morgan fingerprint density at radius 1 is 1.90 bits per heavy atom. The Kier molecular flexibility index (Phi) is 2.37. The molecule has 1 rings (SSSR count). The topological polar surface area (TPSA) is 50.1 Å². The van der Waals surface area contributed by atoms with Gasteiger partial charge in [0.05, 0.1) is 5.38 Å². The van der Waals surface area contributed by atoms with E-state index in [-0.39, 0.29) is 0 Å². The van der Waals surface area contributed by atoms with Gasteiger partial charge in [-0.25, -0.2) is 0 Å². The zero-order valence-electron chi connectivity index (χ0n) is 5.82. The molecular weight excluding hydrogens is 148 g/mol. The molecule has 0 aliphatic heterocycles. The van der Waals surface area contributed by atoms with Crippen LogP contribution < -0.4 is 10.3 Å². The molecule has 0 bridgehead atoms. The molecule has 0 fully saturated rings. The van der Waals surface area contributed by atoms with Crippen molar-refractivity contribution in [1.29, 1.82) is 0 Å². The van der Waals surface area contributed by atoms with E-state index in [1.54, 1.807) is 11.3 Å². The van der Waals surface area contributed by atoms with Crippen LogP contribution in [0.1, 0.15) is 5.69 Å². The van der Waals surface area contributed by atoms with Crippen LogP contribution in [0.5, 0.6) is 0 Å². The Bertz CT molecular complexity index is 209. The number of hydrogen-bond acceptors (Lipinski definition) is 3. The minimum atomic E-state index is -0.752. The van der Waals surface area contributed by atoms with Gasteiger partial charge in [0.15, 0.2) is 18.5 Å². The van der Waals surface area contributed by atoms with Crippen LogP contribution in [0.15, 0.2) is 10.9 Å². The third kappa shape index (κ3) is 1.76. The van der Waals surface area contributed by atoms with Crippen LogP contribution in [-0.4, -0.2) is 11.3 Å². The minimum absolute atomic E-state index is 0.481. The number of aromatic nitrogens is 1. The lowest BCUT2D eigenvalue weighted by atomic mass is 10.5. The highest BCUT2D eigenvalue weighted by atomic mass is 32.1. The molecule has 1 aromatic heterocycles. The summed E-state index contributed by atoms with van der Waals surface area (Å²) in [4.78, 5) is 0. The van der Waals surface area contributed by atoms with Crippen molar-refractivity contribution in [1.82, 2.24) is 0 Å². The summed E-state index contributed by atoms with van der Waals surface area (Å²) in [5.41, 5.74) is 8.26. The summed E-state index contributed by atoms with van der Waals surface area (Å²) in [6.45, 7) is 2.47. The molecule has 3 nitrogen and oxygen atoms in total. The quantitative estimate of drug-likeness (QED) is 0.456. The summed E-state index contributed by atoms with van der Waals surface area (Å²) >= 11 is 1.60. The predicted molar refractivity (Wildman–Crippen MR) is 39.4 cm³/mol. The van der Waals surface area contributed by atoms with Crippen molar-refractivity contribution in [2.24, 2.45) is 5.73 Å². The number of rotatable bonds is 2. The average Bonchev–Trinajstić information content (AvgIpc) is 2.15. The van der Waals surface area contributed by atoms with Crippen LogP contribution in [0.3, 0.4) is 0 Å². The standard InChI is InChI=1S/C6H11N2OS/c1-5-3-10-4-8(5)2-6(7)9/h3-4,6,9H,2,7H2,1H3/q+1. The third-order valence-corrected chi connectivity index (χ3v) is 2.12. The number of aliphatic hydroxyl groups excluding tert-OH is 1. The Morgan fingerprint density at radius 3 is 3.00 bits per heavy atom. The van der Waals surface area contributed by atoms with E-state index in [1.165, 1.54) is 0 Å². The average molecular weight is 159 g/mol. The van der Waals surface area contributed by atoms with Crippen LogP contribution >= 0.6 is 11.3 Å². The first-order valence-corrected chi connectivity index (χ1v) is 4.00. The van der Waals surface area contributed by atoms with E-state index in [0.29, 0.717) is 6.54 Å². The minimum Gasteiger partial charge on any atom is -0.372 e. The van der Waals surface area contributed by atoms with Crippen molar-refractivity contribution in [2.75, 3.05) is 0 Å². The predicted octanol–water partition coefficient (Wildman–Crippen LogP) is -0.379. The van der Waals surface area contributed by atoms with Crippen molar-refractivity contribution in [3.05, 3.63) is 16.6 Å². The summed E-state index contributed by atoms with van der Waals surface area (Å²) in [5, 5.41) is 10.8. The molecule has 0 saturated heterocycles. The van der Waals surface area contributed by atoms with Crippen LogP contribution in [-0.2, 0) is 6.54 Å². The van der Waals surface area contributed by atoms with E-state index < -0.39 is 6.23 Å². The van der Waals surface area contributed by atoms with Crippen molar-refractivity contribution in [3.8, 4) is 0 Å². The van der Waals surface area contributed by atoms with Gasteiger partial charge in [-0.2, -0.15) is 4.57 Å². The van der Waals surface area contributed by atoms with Gasteiger partial charge >= 0.3 is 0 Å². The van der Waals surface area contributed by atoms with E-state index in [9.17, 15) is 0 Å². The van der Waals surface area contributed by atoms with Crippen LogP contribution in [0.2, 0.25) is 0 Å². The van der Waals surface area contributed by atoms with E-state index in [2.05, 4.69) is 0 Å². The summed E-state index contributed by atoms with van der Waals surface area (Å²) < 4.78 is 1.93. The van der Waals surface area contributed by atoms with Crippen LogP contribution in [0.4, 0.5) is 0 Å². The van der Waals surface area contributed by atoms with Gasteiger partial charge in [-0.05, 0) is 0 Å². The normalized spacial score (nSPS) is 13.5. The highest BCUT2D eigenvalue weighted by Crippen LogP contribution is 1.95. The fraction of sp³-hybridized carbons (Fsp3) is 0.500. The zero-order chi connectivity index (χ0) is 7.56. The molecule has 0 aromatic carbocycles. The molecular formula is C6H11N2OS+. The Labute approximate surface area is 63.7 Å². The van der Waals surface area contributed by atoms with Crippen molar-refractivity contribution >= 4 is 11.3 Å². The number of hydrogen-bond donors (Lipinski definition) is 2. The van der Waals surface area contributed by atoms with Gasteiger partial charge in [0.1, 0.15) is 0 Å². The monoisotopic (exact) mass is 159 g/mol. The van der Waals surface area contributed by atoms with Gasteiger partial charge in [-0.1, -0.05) is 11.3 Å². The van der Waals surface area contributed by atoms with Gasteiger partial charge in [0, 0.05) is 6.92 Å². The maximum Gasteiger partial charge on any atom is 0.225 e. The fourth-order valence-corrected chi connectivity index (χ4v) is 1.53. The Balaban J connectivity index is 2.65. The van der Waals surface area contributed by atoms with Gasteiger partial charge < -0.3 is 10.8 Å². The SMILES string of the molecule is Cc1csc[n+]1CC(N)O. The van der Waals surface area contributed by atoms with Gasteiger partial charge in [-0.3, -0.25) is 0 Å². The summed E-state index contributed by atoms with van der Waals surface area (Å²) in [5.74, 6) is 0. The number of aliphatic hydroxyl groups is 1. The van der Waals surface area contributed by atoms with E-state index in [0.717, 1.165) is 5.69 Å². The smallest absolute Gasteiger partial charge is 0.225 e.